The van der Waals surface area contributed by atoms with Crippen molar-refractivity contribution in [2.24, 2.45) is 5.73 Å². The minimum Gasteiger partial charge on any atom is -0.360 e. The van der Waals surface area contributed by atoms with Crippen molar-refractivity contribution >= 4 is 23.1 Å². The molecule has 1 amide bonds. The fourth-order valence-corrected chi connectivity index (χ4v) is 2.42. The summed E-state index contributed by atoms with van der Waals surface area (Å²) in [7, 11) is 0. The Balaban J connectivity index is 1.86. The molecule has 3 N–H and O–H groups in total. The molecule has 0 saturated carbocycles. The van der Waals surface area contributed by atoms with E-state index in [2.05, 4.69) is 15.5 Å². The Morgan fingerprint density at radius 2 is 2.42 bits per heavy atom. The summed E-state index contributed by atoms with van der Waals surface area (Å²) in [5, 5.41) is 9.29. The summed E-state index contributed by atoms with van der Waals surface area (Å²) >= 11 is 1.56. The summed E-state index contributed by atoms with van der Waals surface area (Å²) in [6.07, 6.45) is 2.02. The second-order valence-corrected chi connectivity index (χ2v) is 5.12. The van der Waals surface area contributed by atoms with Crippen molar-refractivity contribution in [3.05, 3.63) is 27.9 Å². The number of aromatic nitrogens is 2. The van der Waals surface area contributed by atoms with Crippen molar-refractivity contribution in [1.29, 1.82) is 0 Å². The second-order valence-electron chi connectivity index (χ2n) is 4.17. The number of anilines is 1. The van der Waals surface area contributed by atoms with E-state index in [1.807, 2.05) is 5.38 Å². The van der Waals surface area contributed by atoms with Gasteiger partial charge in [-0.05, 0) is 19.9 Å². The normalized spacial score (nSPS) is 10.6. The van der Waals surface area contributed by atoms with Gasteiger partial charge in [-0.2, -0.15) is 0 Å². The Morgan fingerprint density at radius 3 is 3.11 bits per heavy atom. The maximum absolute atomic E-state index is 11.8. The SMILES string of the molecule is Cc1cc(NC(=O)Cc2csc(CCCN)n2)no1. The van der Waals surface area contributed by atoms with Crippen LogP contribution in [0.5, 0.6) is 0 Å². The lowest BCUT2D eigenvalue weighted by molar-refractivity contribution is -0.115. The molecule has 102 valence electrons. The molecule has 2 aromatic rings. The van der Waals surface area contributed by atoms with Crippen LogP contribution in [0.2, 0.25) is 0 Å². The molecule has 2 heterocycles. The minimum absolute atomic E-state index is 0.149. The van der Waals surface area contributed by atoms with E-state index >= 15 is 0 Å². The van der Waals surface area contributed by atoms with E-state index in [9.17, 15) is 4.79 Å². The van der Waals surface area contributed by atoms with Gasteiger partial charge in [0.15, 0.2) is 5.82 Å². The number of nitrogens with zero attached hydrogens (tertiary/aromatic N) is 2. The standard InChI is InChI=1S/C12H16N4O2S/c1-8-5-10(16-18-8)15-11(17)6-9-7-19-12(14-9)3-2-4-13/h5,7H,2-4,6,13H2,1H3,(H,15,16,17). The monoisotopic (exact) mass is 280 g/mol. The summed E-state index contributed by atoms with van der Waals surface area (Å²) in [4.78, 5) is 16.2. The molecule has 7 heteroatoms. The molecule has 0 saturated heterocycles. The van der Waals surface area contributed by atoms with Crippen LogP contribution >= 0.6 is 11.3 Å². The molecule has 0 aromatic carbocycles. The van der Waals surface area contributed by atoms with Gasteiger partial charge in [0.05, 0.1) is 17.1 Å². The highest BCUT2D eigenvalue weighted by molar-refractivity contribution is 7.09. The third-order valence-electron chi connectivity index (χ3n) is 2.43. The van der Waals surface area contributed by atoms with Crippen LogP contribution in [0.1, 0.15) is 22.9 Å². The van der Waals surface area contributed by atoms with Crippen LogP contribution in [0.4, 0.5) is 5.82 Å². The van der Waals surface area contributed by atoms with Gasteiger partial charge in [-0.3, -0.25) is 4.79 Å². The van der Waals surface area contributed by atoms with Gasteiger partial charge < -0.3 is 15.6 Å². The van der Waals surface area contributed by atoms with Crippen molar-refractivity contribution in [1.82, 2.24) is 10.1 Å². The molecule has 0 bridgehead atoms. The van der Waals surface area contributed by atoms with E-state index in [0.717, 1.165) is 23.5 Å². The average Bonchev–Trinajstić information content (AvgIpc) is 2.96. The number of nitrogens with two attached hydrogens (primary N) is 1. The maximum Gasteiger partial charge on any atom is 0.231 e. The predicted octanol–water partition coefficient (Wildman–Crippen LogP) is 1.51. The fourth-order valence-electron chi connectivity index (χ4n) is 1.58. The quantitative estimate of drug-likeness (QED) is 0.836. The van der Waals surface area contributed by atoms with Crippen molar-refractivity contribution in [2.75, 3.05) is 11.9 Å². The van der Waals surface area contributed by atoms with E-state index in [-0.39, 0.29) is 12.3 Å². The van der Waals surface area contributed by atoms with Crippen molar-refractivity contribution < 1.29 is 9.32 Å². The molecule has 2 rings (SSSR count). The maximum atomic E-state index is 11.8. The lowest BCUT2D eigenvalue weighted by atomic mass is 10.3. The van der Waals surface area contributed by atoms with Crippen molar-refractivity contribution in [2.45, 2.75) is 26.2 Å². The molecule has 0 spiro atoms. The van der Waals surface area contributed by atoms with Crippen LogP contribution < -0.4 is 11.1 Å². The predicted molar refractivity (Wildman–Crippen MR) is 73.1 cm³/mol. The summed E-state index contributed by atoms with van der Waals surface area (Å²) < 4.78 is 4.87. The van der Waals surface area contributed by atoms with Crippen LogP contribution in [0, 0.1) is 6.92 Å². The summed E-state index contributed by atoms with van der Waals surface area (Å²) in [5.74, 6) is 0.943. The van der Waals surface area contributed by atoms with E-state index in [0.29, 0.717) is 18.1 Å². The lowest BCUT2D eigenvalue weighted by Gasteiger charge is -1.98. The number of carbonyl (C=O) groups is 1. The molecule has 0 aliphatic carbocycles. The molecule has 0 aliphatic heterocycles. The Morgan fingerprint density at radius 1 is 1.58 bits per heavy atom. The van der Waals surface area contributed by atoms with Crippen LogP contribution in [0.3, 0.4) is 0 Å². The summed E-state index contributed by atoms with van der Waals surface area (Å²) in [6.45, 7) is 2.42. The van der Waals surface area contributed by atoms with Gasteiger partial charge in [0.2, 0.25) is 5.91 Å². The third-order valence-corrected chi connectivity index (χ3v) is 3.39. The van der Waals surface area contributed by atoms with Crippen LogP contribution in [-0.4, -0.2) is 22.6 Å². The fraction of sp³-hybridized carbons (Fsp3) is 0.417. The first-order valence-electron chi connectivity index (χ1n) is 6.04. The van der Waals surface area contributed by atoms with E-state index in [1.54, 1.807) is 24.3 Å². The summed E-state index contributed by atoms with van der Waals surface area (Å²) in [5.41, 5.74) is 6.22. The van der Waals surface area contributed by atoms with Gasteiger partial charge in [-0.25, -0.2) is 4.98 Å². The van der Waals surface area contributed by atoms with E-state index < -0.39 is 0 Å². The first-order chi connectivity index (χ1) is 9.17. The van der Waals surface area contributed by atoms with Gasteiger partial charge in [0.25, 0.3) is 0 Å². The van der Waals surface area contributed by atoms with Crippen LogP contribution in [0.15, 0.2) is 16.0 Å². The number of aryl methyl sites for hydroxylation is 2. The Hall–Kier alpha value is -1.73. The lowest BCUT2D eigenvalue weighted by Crippen LogP contribution is -2.14. The molecule has 6 nitrogen and oxygen atoms in total. The first-order valence-corrected chi connectivity index (χ1v) is 6.92. The summed E-state index contributed by atoms with van der Waals surface area (Å²) in [6, 6.07) is 1.67. The second kappa shape index (κ2) is 6.44. The number of nitrogens with one attached hydrogen (secondary N) is 1. The topological polar surface area (TPSA) is 94.0 Å². The molecule has 19 heavy (non-hydrogen) atoms. The number of carbonyl (C=O) groups excluding carboxylic acids is 1. The Kier molecular flexibility index (Phi) is 4.64. The molecule has 0 radical (unpaired) electrons. The van der Waals surface area contributed by atoms with E-state index in [4.69, 9.17) is 10.3 Å². The van der Waals surface area contributed by atoms with E-state index in [1.165, 1.54) is 0 Å². The highest BCUT2D eigenvalue weighted by Crippen LogP contribution is 2.13. The zero-order chi connectivity index (χ0) is 13.7. The van der Waals surface area contributed by atoms with Crippen LogP contribution in [0.25, 0.3) is 0 Å². The number of amides is 1. The largest absolute Gasteiger partial charge is 0.360 e. The third kappa shape index (κ3) is 4.15. The number of rotatable bonds is 6. The Labute approximate surface area is 115 Å². The number of hydrogen-bond acceptors (Lipinski definition) is 6. The number of hydrogen-bond donors (Lipinski definition) is 2. The minimum atomic E-state index is -0.149. The van der Waals surface area contributed by atoms with Gasteiger partial charge in [0, 0.05) is 17.9 Å². The van der Waals surface area contributed by atoms with Crippen molar-refractivity contribution in [3.8, 4) is 0 Å². The van der Waals surface area contributed by atoms with Gasteiger partial charge in [-0.15, -0.1) is 11.3 Å². The molecule has 0 aliphatic rings. The number of thiazole rings is 1. The average molecular weight is 280 g/mol. The van der Waals surface area contributed by atoms with Crippen molar-refractivity contribution in [3.63, 3.8) is 0 Å². The Bertz CT molecular complexity index is 549. The molecule has 0 fully saturated rings. The van der Waals surface area contributed by atoms with Gasteiger partial charge in [-0.1, -0.05) is 5.16 Å². The molecule has 2 aromatic heterocycles. The zero-order valence-corrected chi connectivity index (χ0v) is 11.5. The smallest absolute Gasteiger partial charge is 0.231 e. The van der Waals surface area contributed by atoms with Gasteiger partial charge >= 0.3 is 0 Å². The molecule has 0 atom stereocenters. The highest BCUT2D eigenvalue weighted by atomic mass is 32.1. The zero-order valence-electron chi connectivity index (χ0n) is 10.7. The molecular formula is C12H16N4O2S. The van der Waals surface area contributed by atoms with Crippen LogP contribution in [-0.2, 0) is 17.6 Å². The van der Waals surface area contributed by atoms with Gasteiger partial charge in [0.1, 0.15) is 5.76 Å². The first kappa shape index (κ1) is 13.7. The molecule has 0 unspecified atom stereocenters. The highest BCUT2D eigenvalue weighted by Gasteiger charge is 2.10. The molecular weight excluding hydrogens is 264 g/mol.